The molecule has 0 spiro atoms. The monoisotopic (exact) mass is 354 g/mol. The summed E-state index contributed by atoms with van der Waals surface area (Å²) in [5.74, 6) is 1.27. The highest BCUT2D eigenvalue weighted by Crippen LogP contribution is 2.31. The summed E-state index contributed by atoms with van der Waals surface area (Å²) >= 11 is 5.93. The van der Waals surface area contributed by atoms with E-state index >= 15 is 0 Å². The van der Waals surface area contributed by atoms with Crippen LogP contribution in [0.25, 0.3) is 11.3 Å². The Morgan fingerprint density at radius 1 is 1.12 bits per heavy atom. The van der Waals surface area contributed by atoms with Crippen LogP contribution in [-0.4, -0.2) is 22.7 Å². The molecule has 0 aliphatic carbocycles. The van der Waals surface area contributed by atoms with E-state index in [0.29, 0.717) is 30.3 Å². The van der Waals surface area contributed by atoms with Gasteiger partial charge in [0.05, 0.1) is 6.54 Å². The van der Waals surface area contributed by atoms with Gasteiger partial charge in [-0.1, -0.05) is 35.0 Å². The number of fused-ring (bicyclic) bond motifs is 1. The molecule has 6 heteroatoms. The number of halogens is 1. The third kappa shape index (κ3) is 3.23. The summed E-state index contributed by atoms with van der Waals surface area (Å²) in [6.07, 6.45) is 0.286. The maximum absolute atomic E-state index is 12.3. The van der Waals surface area contributed by atoms with Crippen LogP contribution >= 0.6 is 11.6 Å². The molecule has 5 nitrogen and oxygen atoms in total. The Balaban J connectivity index is 1.51. The second-order valence-corrected chi connectivity index (χ2v) is 6.23. The Morgan fingerprint density at radius 2 is 1.88 bits per heavy atom. The number of hydrogen-bond donors (Lipinski definition) is 0. The number of rotatable bonds is 2. The van der Waals surface area contributed by atoms with E-state index in [1.807, 2.05) is 42.5 Å². The molecule has 0 bridgehead atoms. The van der Waals surface area contributed by atoms with Crippen LogP contribution in [0, 0.1) is 0 Å². The van der Waals surface area contributed by atoms with Crippen LogP contribution in [-0.2, 0) is 13.0 Å². The van der Waals surface area contributed by atoms with Gasteiger partial charge >= 0.3 is 6.09 Å². The molecule has 1 aliphatic heterocycles. The van der Waals surface area contributed by atoms with E-state index in [1.165, 1.54) is 0 Å². The average Bonchev–Trinajstić information content (AvgIpc) is 3.06. The molecule has 0 radical (unpaired) electrons. The van der Waals surface area contributed by atoms with Gasteiger partial charge in [0, 0.05) is 22.7 Å². The fourth-order valence-corrected chi connectivity index (χ4v) is 2.99. The van der Waals surface area contributed by atoms with E-state index in [9.17, 15) is 4.79 Å². The molecule has 0 fully saturated rings. The van der Waals surface area contributed by atoms with Gasteiger partial charge in [0.15, 0.2) is 5.76 Å². The van der Waals surface area contributed by atoms with Crippen molar-refractivity contribution in [2.75, 3.05) is 6.54 Å². The first-order chi connectivity index (χ1) is 12.2. The molecule has 0 atom stereocenters. The number of aromatic nitrogens is 1. The Labute approximate surface area is 149 Å². The van der Waals surface area contributed by atoms with Gasteiger partial charge in [0.2, 0.25) is 0 Å². The second kappa shape index (κ2) is 6.61. The summed E-state index contributed by atoms with van der Waals surface area (Å²) in [5.41, 5.74) is 2.73. The van der Waals surface area contributed by atoms with Gasteiger partial charge in [0.25, 0.3) is 0 Å². The standard InChI is InChI=1S/C19H15ClN2O3/c20-14-8-6-13(7-9-14)18-16-10-11-22(12-17(16)21-25-18)19(23)24-15-4-2-1-3-5-15/h1-9H,10-12H2. The lowest BCUT2D eigenvalue weighted by Gasteiger charge is -2.25. The third-order valence-corrected chi connectivity index (χ3v) is 4.41. The Kier molecular flexibility index (Phi) is 4.15. The predicted molar refractivity (Wildman–Crippen MR) is 93.5 cm³/mol. The van der Waals surface area contributed by atoms with Gasteiger partial charge in [0.1, 0.15) is 11.4 Å². The van der Waals surface area contributed by atoms with E-state index in [1.54, 1.807) is 17.0 Å². The lowest BCUT2D eigenvalue weighted by molar-refractivity contribution is 0.146. The molecule has 25 heavy (non-hydrogen) atoms. The highest BCUT2D eigenvalue weighted by molar-refractivity contribution is 6.30. The van der Waals surface area contributed by atoms with Gasteiger partial charge in [-0.05, 0) is 42.8 Å². The topological polar surface area (TPSA) is 55.6 Å². The summed E-state index contributed by atoms with van der Waals surface area (Å²) in [6.45, 7) is 0.929. The van der Waals surface area contributed by atoms with E-state index < -0.39 is 0 Å². The Hall–Kier alpha value is -2.79. The summed E-state index contributed by atoms with van der Waals surface area (Å²) in [7, 11) is 0. The van der Waals surface area contributed by atoms with Crippen molar-refractivity contribution < 1.29 is 14.1 Å². The maximum Gasteiger partial charge on any atom is 0.415 e. The van der Waals surface area contributed by atoms with Crippen molar-refractivity contribution >= 4 is 17.7 Å². The van der Waals surface area contributed by atoms with Gasteiger partial charge in [-0.2, -0.15) is 0 Å². The van der Waals surface area contributed by atoms with Crippen molar-refractivity contribution in [3.8, 4) is 17.1 Å². The number of carbonyl (C=O) groups is 1. The molecule has 1 aromatic heterocycles. The van der Waals surface area contributed by atoms with Crippen LogP contribution in [0.1, 0.15) is 11.3 Å². The van der Waals surface area contributed by atoms with Crippen molar-refractivity contribution in [1.29, 1.82) is 0 Å². The number of hydrogen-bond acceptors (Lipinski definition) is 4. The van der Waals surface area contributed by atoms with Crippen LogP contribution in [0.5, 0.6) is 5.75 Å². The first kappa shape index (κ1) is 15.7. The van der Waals surface area contributed by atoms with E-state index in [0.717, 1.165) is 22.6 Å². The molecule has 0 saturated heterocycles. The number of benzene rings is 2. The number of amides is 1. The molecular weight excluding hydrogens is 340 g/mol. The van der Waals surface area contributed by atoms with Crippen LogP contribution in [0.4, 0.5) is 4.79 Å². The van der Waals surface area contributed by atoms with Gasteiger partial charge in [-0.25, -0.2) is 4.79 Å². The molecule has 2 aromatic carbocycles. The quantitative estimate of drug-likeness (QED) is 0.677. The lowest BCUT2D eigenvalue weighted by Crippen LogP contribution is -2.37. The predicted octanol–water partition coefficient (Wildman–Crippen LogP) is 4.55. The van der Waals surface area contributed by atoms with Crippen LogP contribution < -0.4 is 4.74 Å². The van der Waals surface area contributed by atoms with Crippen molar-refractivity contribution in [2.45, 2.75) is 13.0 Å². The molecule has 0 unspecified atom stereocenters. The first-order valence-electron chi connectivity index (χ1n) is 7.96. The molecule has 1 aliphatic rings. The molecule has 0 N–H and O–H groups in total. The third-order valence-electron chi connectivity index (χ3n) is 4.15. The number of ether oxygens (including phenoxy) is 1. The summed E-state index contributed by atoms with van der Waals surface area (Å²) in [4.78, 5) is 14.0. The fraction of sp³-hybridized carbons (Fsp3) is 0.158. The Bertz CT molecular complexity index is 891. The van der Waals surface area contributed by atoms with E-state index in [4.69, 9.17) is 20.9 Å². The minimum atomic E-state index is -0.382. The zero-order valence-electron chi connectivity index (χ0n) is 13.3. The van der Waals surface area contributed by atoms with Gasteiger partial charge in [-0.15, -0.1) is 0 Å². The summed E-state index contributed by atoms with van der Waals surface area (Å²) in [5, 5.41) is 4.81. The van der Waals surface area contributed by atoms with Gasteiger partial charge in [-0.3, -0.25) is 0 Å². The Morgan fingerprint density at radius 3 is 2.64 bits per heavy atom. The molecule has 2 heterocycles. The fourth-order valence-electron chi connectivity index (χ4n) is 2.87. The lowest BCUT2D eigenvalue weighted by atomic mass is 10.0. The minimum Gasteiger partial charge on any atom is -0.410 e. The summed E-state index contributed by atoms with van der Waals surface area (Å²) < 4.78 is 10.9. The highest BCUT2D eigenvalue weighted by Gasteiger charge is 2.28. The van der Waals surface area contributed by atoms with Crippen molar-refractivity contribution in [3.63, 3.8) is 0 Å². The van der Waals surface area contributed by atoms with Crippen molar-refractivity contribution in [2.24, 2.45) is 0 Å². The SMILES string of the molecule is O=C(Oc1ccccc1)N1CCc2c(noc2-c2ccc(Cl)cc2)C1. The van der Waals surface area contributed by atoms with Crippen LogP contribution in [0.2, 0.25) is 5.02 Å². The molecule has 0 saturated carbocycles. The minimum absolute atomic E-state index is 0.373. The maximum atomic E-state index is 12.3. The molecule has 4 rings (SSSR count). The molecular formula is C19H15ClN2O3. The van der Waals surface area contributed by atoms with Crippen molar-refractivity contribution in [1.82, 2.24) is 10.1 Å². The largest absolute Gasteiger partial charge is 0.415 e. The first-order valence-corrected chi connectivity index (χ1v) is 8.33. The average molecular weight is 355 g/mol. The van der Waals surface area contributed by atoms with Crippen molar-refractivity contribution in [3.05, 3.63) is 70.9 Å². The molecule has 3 aromatic rings. The normalized spacial score (nSPS) is 13.4. The number of para-hydroxylation sites is 1. The molecule has 126 valence electrons. The second-order valence-electron chi connectivity index (χ2n) is 5.80. The zero-order valence-corrected chi connectivity index (χ0v) is 14.1. The summed E-state index contributed by atoms with van der Waals surface area (Å²) in [6, 6.07) is 16.5. The number of nitrogens with zero attached hydrogens (tertiary/aromatic N) is 2. The zero-order chi connectivity index (χ0) is 17.2. The van der Waals surface area contributed by atoms with Crippen LogP contribution in [0.15, 0.2) is 59.1 Å². The van der Waals surface area contributed by atoms with E-state index in [-0.39, 0.29) is 6.09 Å². The number of carbonyl (C=O) groups excluding carboxylic acids is 1. The smallest absolute Gasteiger partial charge is 0.410 e. The van der Waals surface area contributed by atoms with E-state index in [2.05, 4.69) is 5.16 Å². The van der Waals surface area contributed by atoms with Crippen LogP contribution in [0.3, 0.4) is 0 Å². The highest BCUT2D eigenvalue weighted by atomic mass is 35.5. The van der Waals surface area contributed by atoms with Gasteiger partial charge < -0.3 is 14.2 Å². The molecule has 1 amide bonds.